The zero-order valence-electron chi connectivity index (χ0n) is 11.4. The van der Waals surface area contributed by atoms with Crippen molar-refractivity contribution in [3.8, 4) is 0 Å². The molecule has 6 heteroatoms. The van der Waals surface area contributed by atoms with E-state index in [9.17, 15) is 14.0 Å². The first-order valence-corrected chi connectivity index (χ1v) is 8.01. The van der Waals surface area contributed by atoms with Gasteiger partial charge in [-0.1, -0.05) is 0 Å². The van der Waals surface area contributed by atoms with Crippen molar-refractivity contribution in [2.75, 3.05) is 6.54 Å². The zero-order valence-corrected chi connectivity index (χ0v) is 13.6. The predicted octanol–water partition coefficient (Wildman–Crippen LogP) is 3.05. The zero-order chi connectivity index (χ0) is 15.4. The first-order valence-electron chi connectivity index (χ1n) is 6.93. The molecule has 0 unspecified atom stereocenters. The highest BCUT2D eigenvalue weighted by Crippen LogP contribution is 2.28. The lowest BCUT2D eigenvalue weighted by Crippen LogP contribution is -2.32. The van der Waals surface area contributed by atoms with Crippen molar-refractivity contribution in [2.45, 2.75) is 25.7 Å². The highest BCUT2D eigenvalue weighted by atomic mass is 127. The number of rotatable bonds is 4. The van der Waals surface area contributed by atoms with E-state index in [-0.39, 0.29) is 17.6 Å². The number of benzene rings is 1. The van der Waals surface area contributed by atoms with E-state index in [4.69, 9.17) is 5.11 Å². The molecule has 0 aliphatic heterocycles. The maximum Gasteiger partial charge on any atom is 0.306 e. The highest BCUT2D eigenvalue weighted by Gasteiger charge is 2.26. The maximum atomic E-state index is 13.0. The molecule has 0 heterocycles. The first kappa shape index (κ1) is 16.2. The van der Waals surface area contributed by atoms with Crippen molar-refractivity contribution >= 4 is 34.5 Å². The van der Waals surface area contributed by atoms with Crippen LogP contribution in [-0.2, 0) is 4.79 Å². The van der Waals surface area contributed by atoms with Gasteiger partial charge in [0.15, 0.2) is 0 Å². The lowest BCUT2D eigenvalue weighted by Gasteiger charge is -2.26. The molecule has 0 atom stereocenters. The lowest BCUT2D eigenvalue weighted by molar-refractivity contribution is -0.143. The summed E-state index contributed by atoms with van der Waals surface area (Å²) < 4.78 is 13.6. The van der Waals surface area contributed by atoms with Crippen LogP contribution in [0.15, 0.2) is 18.2 Å². The minimum Gasteiger partial charge on any atom is -0.481 e. The van der Waals surface area contributed by atoms with Crippen LogP contribution in [0.2, 0.25) is 0 Å². The maximum absolute atomic E-state index is 13.0. The normalized spacial score (nSPS) is 21.8. The molecule has 0 spiro atoms. The van der Waals surface area contributed by atoms with Gasteiger partial charge < -0.3 is 10.4 Å². The fourth-order valence-electron chi connectivity index (χ4n) is 2.62. The molecule has 4 nitrogen and oxygen atoms in total. The molecule has 1 aromatic carbocycles. The van der Waals surface area contributed by atoms with Crippen LogP contribution in [0, 0.1) is 21.2 Å². The topological polar surface area (TPSA) is 66.4 Å². The molecule has 0 saturated heterocycles. The summed E-state index contributed by atoms with van der Waals surface area (Å²) in [5.41, 5.74) is 0.469. The van der Waals surface area contributed by atoms with Gasteiger partial charge in [0.2, 0.25) is 0 Å². The molecule has 114 valence electrons. The van der Waals surface area contributed by atoms with Gasteiger partial charge in [-0.2, -0.15) is 0 Å². The quantitative estimate of drug-likeness (QED) is 0.757. The Morgan fingerprint density at radius 2 is 1.95 bits per heavy atom. The Bertz CT molecular complexity index is 542. The Morgan fingerprint density at radius 3 is 2.52 bits per heavy atom. The van der Waals surface area contributed by atoms with Crippen molar-refractivity contribution in [3.05, 3.63) is 33.1 Å². The molecule has 0 bridgehead atoms. The predicted molar refractivity (Wildman–Crippen MR) is 84.5 cm³/mol. The van der Waals surface area contributed by atoms with Crippen LogP contribution in [0.4, 0.5) is 4.39 Å². The number of carboxylic acid groups (broad SMARTS) is 1. The van der Waals surface area contributed by atoms with Crippen LogP contribution in [0.5, 0.6) is 0 Å². The smallest absolute Gasteiger partial charge is 0.306 e. The number of carbonyl (C=O) groups is 2. The number of hydrogen-bond acceptors (Lipinski definition) is 2. The molecule has 21 heavy (non-hydrogen) atoms. The van der Waals surface area contributed by atoms with Gasteiger partial charge >= 0.3 is 5.97 Å². The molecule has 2 N–H and O–H groups in total. The number of carbonyl (C=O) groups excluding carboxylic acids is 1. The fraction of sp³-hybridized carbons (Fsp3) is 0.467. The van der Waals surface area contributed by atoms with Gasteiger partial charge in [0, 0.05) is 10.1 Å². The van der Waals surface area contributed by atoms with Crippen LogP contribution in [0.3, 0.4) is 0 Å². The summed E-state index contributed by atoms with van der Waals surface area (Å²) in [6.07, 6.45) is 2.98. The number of amides is 1. The van der Waals surface area contributed by atoms with Gasteiger partial charge in [0.1, 0.15) is 5.82 Å². The minimum absolute atomic E-state index is 0.209. The Labute approximate surface area is 136 Å². The van der Waals surface area contributed by atoms with E-state index in [0.717, 1.165) is 12.8 Å². The standard InChI is InChI=1S/C15H17FINO3/c16-11-5-6-12(13(17)7-11)14(19)18-8-9-1-3-10(4-2-9)15(20)21/h5-7,9-10H,1-4,8H2,(H,18,19)(H,20,21). The van der Waals surface area contributed by atoms with Crippen LogP contribution < -0.4 is 5.32 Å². The van der Waals surface area contributed by atoms with E-state index in [1.54, 1.807) is 0 Å². The summed E-state index contributed by atoms with van der Waals surface area (Å²) in [5.74, 6) is -1.21. The van der Waals surface area contributed by atoms with Gasteiger partial charge in [0.05, 0.1) is 11.5 Å². The highest BCUT2D eigenvalue weighted by molar-refractivity contribution is 14.1. The molecular weight excluding hydrogens is 388 g/mol. The molecule has 0 radical (unpaired) electrons. The molecule has 1 aliphatic carbocycles. The number of carboxylic acids is 1. The third kappa shape index (κ3) is 4.39. The largest absolute Gasteiger partial charge is 0.481 e. The molecule has 1 aromatic rings. The summed E-state index contributed by atoms with van der Waals surface area (Å²) in [4.78, 5) is 22.9. The molecule has 0 aromatic heterocycles. The van der Waals surface area contributed by atoms with Crippen molar-refractivity contribution in [1.82, 2.24) is 5.32 Å². The average Bonchev–Trinajstić information content (AvgIpc) is 2.45. The second kappa shape index (κ2) is 7.20. The third-order valence-corrected chi connectivity index (χ3v) is 4.82. The van der Waals surface area contributed by atoms with E-state index in [1.807, 2.05) is 22.6 Å². The Kier molecular flexibility index (Phi) is 5.55. The number of hydrogen-bond donors (Lipinski definition) is 2. The van der Waals surface area contributed by atoms with Gasteiger partial charge in [-0.3, -0.25) is 9.59 Å². The first-order chi connectivity index (χ1) is 9.97. The summed E-state index contributed by atoms with van der Waals surface area (Å²) in [5, 5.41) is 11.8. The Hall–Kier alpha value is -1.18. The SMILES string of the molecule is O=C(NCC1CCC(C(=O)O)CC1)c1ccc(F)cc1I. The van der Waals surface area contributed by atoms with Gasteiger partial charge in [0.25, 0.3) is 5.91 Å². The molecule has 2 rings (SSSR count). The minimum atomic E-state index is -0.724. The summed E-state index contributed by atoms with van der Waals surface area (Å²) >= 11 is 1.94. The third-order valence-electron chi connectivity index (χ3n) is 3.92. The van der Waals surface area contributed by atoms with Crippen LogP contribution in [0.25, 0.3) is 0 Å². The van der Waals surface area contributed by atoms with E-state index in [2.05, 4.69) is 5.32 Å². The Balaban J connectivity index is 1.83. The summed E-state index contributed by atoms with van der Waals surface area (Å²) in [6, 6.07) is 4.08. The number of halogens is 2. The van der Waals surface area contributed by atoms with E-state index >= 15 is 0 Å². The molecular formula is C15H17FINO3. The van der Waals surface area contributed by atoms with Gasteiger partial charge in [-0.05, 0) is 72.4 Å². The van der Waals surface area contributed by atoms with Crippen molar-refractivity contribution in [2.24, 2.45) is 11.8 Å². The van der Waals surface area contributed by atoms with Gasteiger partial charge in [-0.15, -0.1) is 0 Å². The molecule has 1 saturated carbocycles. The summed E-state index contributed by atoms with van der Waals surface area (Å²) in [6.45, 7) is 0.540. The molecule has 1 aliphatic rings. The molecule has 1 amide bonds. The van der Waals surface area contributed by atoms with Crippen LogP contribution >= 0.6 is 22.6 Å². The molecule has 1 fully saturated rings. The second-order valence-electron chi connectivity index (χ2n) is 5.39. The number of aliphatic carboxylic acids is 1. The van der Waals surface area contributed by atoms with Crippen LogP contribution in [-0.4, -0.2) is 23.5 Å². The average molecular weight is 405 g/mol. The number of nitrogens with one attached hydrogen (secondary N) is 1. The van der Waals surface area contributed by atoms with Crippen LogP contribution in [0.1, 0.15) is 36.0 Å². The monoisotopic (exact) mass is 405 g/mol. The van der Waals surface area contributed by atoms with E-state index in [0.29, 0.717) is 34.4 Å². The van der Waals surface area contributed by atoms with Crippen molar-refractivity contribution in [1.29, 1.82) is 0 Å². The van der Waals surface area contributed by atoms with Crippen molar-refractivity contribution in [3.63, 3.8) is 0 Å². The fourth-order valence-corrected chi connectivity index (χ4v) is 3.34. The van der Waals surface area contributed by atoms with E-state index < -0.39 is 5.97 Å². The Morgan fingerprint density at radius 1 is 1.29 bits per heavy atom. The van der Waals surface area contributed by atoms with E-state index in [1.165, 1.54) is 18.2 Å². The van der Waals surface area contributed by atoms with Crippen molar-refractivity contribution < 1.29 is 19.1 Å². The second-order valence-corrected chi connectivity index (χ2v) is 6.55. The van der Waals surface area contributed by atoms with Gasteiger partial charge in [-0.25, -0.2) is 4.39 Å². The summed E-state index contributed by atoms with van der Waals surface area (Å²) in [7, 11) is 0. The lowest BCUT2D eigenvalue weighted by atomic mass is 9.82.